The van der Waals surface area contributed by atoms with Gasteiger partial charge < -0.3 is 14.4 Å². The van der Waals surface area contributed by atoms with Crippen LogP contribution in [0, 0.1) is 11.3 Å². The van der Waals surface area contributed by atoms with Crippen LogP contribution in [0.3, 0.4) is 0 Å². The highest BCUT2D eigenvalue weighted by Crippen LogP contribution is 2.28. The lowest BCUT2D eigenvalue weighted by Gasteiger charge is -2.25. The molecular formula is C16H25N3O2. The molecule has 0 radical (unpaired) electrons. The molecule has 0 amide bonds. The summed E-state index contributed by atoms with van der Waals surface area (Å²) in [5.41, 5.74) is 0.435. The number of benzene rings is 1. The van der Waals surface area contributed by atoms with Gasteiger partial charge in [-0.15, -0.1) is 0 Å². The van der Waals surface area contributed by atoms with Crippen LogP contribution in [0.4, 0.5) is 0 Å². The Morgan fingerprint density at radius 3 is 2.43 bits per heavy atom. The Hall–Kier alpha value is -1.77. The van der Waals surface area contributed by atoms with E-state index in [-0.39, 0.29) is 0 Å². The van der Waals surface area contributed by atoms with Crippen LogP contribution in [0.2, 0.25) is 0 Å². The normalized spacial score (nSPS) is 13.6. The summed E-state index contributed by atoms with van der Waals surface area (Å²) in [5, 5.41) is 12.8. The maximum absolute atomic E-state index is 9.46. The zero-order chi connectivity index (χ0) is 15.9. The average molecular weight is 291 g/mol. The first kappa shape index (κ1) is 17.3. The minimum Gasteiger partial charge on any atom is -0.493 e. The first-order chi connectivity index (χ1) is 9.94. The summed E-state index contributed by atoms with van der Waals surface area (Å²) in [7, 11) is 7.25. The van der Waals surface area contributed by atoms with Crippen LogP contribution in [0.5, 0.6) is 11.5 Å². The van der Waals surface area contributed by atoms with Crippen molar-refractivity contribution in [1.29, 1.82) is 5.26 Å². The van der Waals surface area contributed by atoms with Crippen molar-refractivity contribution < 1.29 is 9.47 Å². The summed E-state index contributed by atoms with van der Waals surface area (Å²) in [5.74, 6) is 1.38. The zero-order valence-electron chi connectivity index (χ0n) is 13.6. The van der Waals surface area contributed by atoms with Gasteiger partial charge in [0.15, 0.2) is 11.5 Å². The van der Waals surface area contributed by atoms with E-state index in [2.05, 4.69) is 16.3 Å². The van der Waals surface area contributed by atoms with Gasteiger partial charge in [0, 0.05) is 19.5 Å². The van der Waals surface area contributed by atoms with E-state index in [1.165, 1.54) is 0 Å². The third-order valence-corrected chi connectivity index (χ3v) is 3.33. The van der Waals surface area contributed by atoms with Crippen molar-refractivity contribution >= 4 is 0 Å². The van der Waals surface area contributed by atoms with Crippen molar-refractivity contribution in [2.45, 2.75) is 18.9 Å². The van der Waals surface area contributed by atoms with Gasteiger partial charge in [0.25, 0.3) is 0 Å². The Bertz CT molecular complexity index is 497. The van der Waals surface area contributed by atoms with Crippen LogP contribution in [-0.2, 0) is 6.42 Å². The van der Waals surface area contributed by atoms with Gasteiger partial charge in [0.2, 0.25) is 0 Å². The quantitative estimate of drug-likeness (QED) is 0.789. The van der Waals surface area contributed by atoms with Gasteiger partial charge in [0.1, 0.15) is 5.54 Å². The smallest absolute Gasteiger partial charge is 0.160 e. The lowest BCUT2D eigenvalue weighted by atomic mass is 9.94. The fourth-order valence-electron chi connectivity index (χ4n) is 2.10. The highest BCUT2D eigenvalue weighted by atomic mass is 16.5. The highest BCUT2D eigenvalue weighted by Gasteiger charge is 2.24. The van der Waals surface area contributed by atoms with Crippen molar-refractivity contribution in [3.63, 3.8) is 0 Å². The van der Waals surface area contributed by atoms with E-state index >= 15 is 0 Å². The van der Waals surface area contributed by atoms with Crippen molar-refractivity contribution in [1.82, 2.24) is 10.2 Å². The second-order valence-electron chi connectivity index (χ2n) is 5.54. The molecule has 0 bridgehead atoms. The van der Waals surface area contributed by atoms with E-state index in [0.717, 1.165) is 18.7 Å². The Labute approximate surface area is 127 Å². The molecule has 0 saturated carbocycles. The van der Waals surface area contributed by atoms with Crippen molar-refractivity contribution in [3.05, 3.63) is 23.8 Å². The number of hydrogen-bond acceptors (Lipinski definition) is 5. The largest absolute Gasteiger partial charge is 0.493 e. The molecule has 1 unspecified atom stereocenters. The number of likely N-dealkylation sites (N-methyl/N-ethyl adjacent to an activating group) is 1. The van der Waals surface area contributed by atoms with Gasteiger partial charge in [-0.1, -0.05) is 6.07 Å². The Kier molecular flexibility index (Phi) is 6.47. The molecule has 116 valence electrons. The third-order valence-electron chi connectivity index (χ3n) is 3.33. The molecule has 0 spiro atoms. The Morgan fingerprint density at radius 1 is 1.24 bits per heavy atom. The molecule has 0 saturated heterocycles. The minimum absolute atomic E-state index is 0.602. The van der Waals surface area contributed by atoms with Gasteiger partial charge in [-0.05, 0) is 38.7 Å². The number of nitrogens with one attached hydrogen (secondary N) is 1. The summed E-state index contributed by atoms with van der Waals surface area (Å²) >= 11 is 0. The predicted octanol–water partition coefficient (Wildman–Crippen LogP) is 1.68. The zero-order valence-corrected chi connectivity index (χ0v) is 13.6. The first-order valence-corrected chi connectivity index (χ1v) is 6.96. The molecule has 0 fully saturated rings. The van der Waals surface area contributed by atoms with Crippen molar-refractivity contribution in [2.75, 3.05) is 41.4 Å². The van der Waals surface area contributed by atoms with Crippen LogP contribution in [0.1, 0.15) is 12.5 Å². The van der Waals surface area contributed by atoms with Gasteiger partial charge in [-0.3, -0.25) is 5.32 Å². The molecule has 0 aliphatic rings. The summed E-state index contributed by atoms with van der Waals surface area (Å²) in [6.07, 6.45) is 0.608. The molecule has 5 heteroatoms. The fourth-order valence-corrected chi connectivity index (χ4v) is 2.10. The standard InChI is InChI=1S/C16H25N3O2/c1-16(12-17,18-8-9-19(2)3)11-13-6-7-14(20-4)15(10-13)21-5/h6-7,10,18H,8-9,11H2,1-5H3. The molecule has 1 aromatic rings. The van der Waals surface area contributed by atoms with Crippen LogP contribution >= 0.6 is 0 Å². The molecule has 1 N–H and O–H groups in total. The van der Waals surface area contributed by atoms with Crippen molar-refractivity contribution in [2.24, 2.45) is 0 Å². The summed E-state index contributed by atoms with van der Waals surface area (Å²) in [6.45, 7) is 3.58. The van der Waals surface area contributed by atoms with E-state index in [4.69, 9.17) is 9.47 Å². The molecule has 0 aromatic heterocycles. The second kappa shape index (κ2) is 7.87. The molecular weight excluding hydrogens is 266 g/mol. The molecule has 1 rings (SSSR count). The lowest BCUT2D eigenvalue weighted by Crippen LogP contribution is -2.45. The highest BCUT2D eigenvalue weighted by molar-refractivity contribution is 5.43. The van der Waals surface area contributed by atoms with Crippen LogP contribution in [0.25, 0.3) is 0 Å². The second-order valence-corrected chi connectivity index (χ2v) is 5.54. The lowest BCUT2D eigenvalue weighted by molar-refractivity contribution is 0.352. The van der Waals surface area contributed by atoms with Crippen LogP contribution in [-0.4, -0.2) is 51.8 Å². The number of nitriles is 1. The summed E-state index contributed by atoms with van der Waals surface area (Å²) in [6, 6.07) is 8.11. The molecule has 0 aliphatic carbocycles. The Morgan fingerprint density at radius 2 is 1.90 bits per heavy atom. The van der Waals surface area contributed by atoms with Gasteiger partial charge in [-0.2, -0.15) is 5.26 Å². The molecule has 0 heterocycles. The van der Waals surface area contributed by atoms with E-state index < -0.39 is 5.54 Å². The van der Waals surface area contributed by atoms with E-state index in [0.29, 0.717) is 17.9 Å². The predicted molar refractivity (Wildman–Crippen MR) is 83.8 cm³/mol. The topological polar surface area (TPSA) is 57.5 Å². The summed E-state index contributed by atoms with van der Waals surface area (Å²) < 4.78 is 10.5. The van der Waals surface area contributed by atoms with Gasteiger partial charge in [-0.25, -0.2) is 0 Å². The third kappa shape index (κ3) is 5.25. The first-order valence-electron chi connectivity index (χ1n) is 6.96. The summed E-state index contributed by atoms with van der Waals surface area (Å²) in [4.78, 5) is 2.08. The number of rotatable bonds is 8. The molecule has 21 heavy (non-hydrogen) atoms. The SMILES string of the molecule is COc1ccc(CC(C)(C#N)NCCN(C)C)cc1OC. The average Bonchev–Trinajstić information content (AvgIpc) is 2.46. The Balaban J connectivity index is 2.79. The fraction of sp³-hybridized carbons (Fsp3) is 0.562. The van der Waals surface area contributed by atoms with Crippen molar-refractivity contribution in [3.8, 4) is 17.6 Å². The van der Waals surface area contributed by atoms with Gasteiger partial charge >= 0.3 is 0 Å². The van der Waals surface area contributed by atoms with Crippen LogP contribution < -0.4 is 14.8 Å². The molecule has 1 atom stereocenters. The molecule has 1 aromatic carbocycles. The van der Waals surface area contributed by atoms with Gasteiger partial charge in [0.05, 0.1) is 20.3 Å². The van der Waals surface area contributed by atoms with E-state index in [1.807, 2.05) is 39.2 Å². The maximum Gasteiger partial charge on any atom is 0.160 e. The number of methoxy groups -OCH3 is 2. The number of hydrogen-bond donors (Lipinski definition) is 1. The maximum atomic E-state index is 9.46. The number of nitrogens with zero attached hydrogens (tertiary/aromatic N) is 2. The van der Waals surface area contributed by atoms with E-state index in [9.17, 15) is 5.26 Å². The van der Waals surface area contributed by atoms with E-state index in [1.54, 1.807) is 14.2 Å². The molecule has 0 aliphatic heterocycles. The number of ether oxygens (including phenoxy) is 2. The minimum atomic E-state index is -0.602. The van der Waals surface area contributed by atoms with Crippen LogP contribution in [0.15, 0.2) is 18.2 Å². The monoisotopic (exact) mass is 291 g/mol. The molecule has 5 nitrogen and oxygen atoms in total.